The zero-order valence-electron chi connectivity index (χ0n) is 9.07. The van der Waals surface area contributed by atoms with Crippen molar-refractivity contribution in [3.05, 3.63) is 0 Å². The first-order valence-electron chi connectivity index (χ1n) is 4.45. The van der Waals surface area contributed by atoms with E-state index in [0.29, 0.717) is 0 Å². The second kappa shape index (κ2) is 4.25. The largest absolute Gasteiger partial charge is 0.458 e. The predicted octanol–water partition coefficient (Wildman–Crippen LogP) is -0.601. The van der Waals surface area contributed by atoms with E-state index >= 15 is 0 Å². The van der Waals surface area contributed by atoms with Gasteiger partial charge in [0, 0.05) is 6.54 Å². The molecule has 4 N–H and O–H groups in total. The normalized spacial score (nSPS) is 18.5. The van der Waals surface area contributed by atoms with E-state index in [2.05, 4.69) is 0 Å². The number of aliphatic hydroxyl groups excluding tert-OH is 1. The summed E-state index contributed by atoms with van der Waals surface area (Å²) in [6, 6.07) is 0. The lowest BCUT2D eigenvalue weighted by Crippen LogP contribution is -2.52. The van der Waals surface area contributed by atoms with E-state index in [1.807, 2.05) is 0 Å². The molecule has 0 bridgehead atoms. The first-order valence-corrected chi connectivity index (χ1v) is 4.45. The summed E-state index contributed by atoms with van der Waals surface area (Å²) in [6.45, 7) is 6.01. The van der Waals surface area contributed by atoms with Crippen LogP contribution in [0.1, 0.15) is 27.7 Å². The lowest BCUT2D eigenvalue weighted by molar-refractivity contribution is -0.185. The molecule has 0 saturated carbocycles. The van der Waals surface area contributed by atoms with Crippen LogP contribution < -0.4 is 5.73 Å². The third-order valence-electron chi connectivity index (χ3n) is 1.68. The van der Waals surface area contributed by atoms with Gasteiger partial charge in [-0.25, -0.2) is 4.79 Å². The van der Waals surface area contributed by atoms with Crippen molar-refractivity contribution in [2.75, 3.05) is 6.54 Å². The number of esters is 1. The quantitative estimate of drug-likeness (QED) is 0.535. The molecule has 5 heteroatoms. The average molecular weight is 205 g/mol. The molecular weight excluding hydrogens is 186 g/mol. The van der Waals surface area contributed by atoms with Crippen LogP contribution in [0.25, 0.3) is 0 Å². The van der Waals surface area contributed by atoms with Crippen LogP contribution in [0.15, 0.2) is 0 Å². The van der Waals surface area contributed by atoms with Gasteiger partial charge in [0.05, 0.1) is 0 Å². The molecule has 0 aromatic rings. The first kappa shape index (κ1) is 13.4. The van der Waals surface area contributed by atoms with Crippen LogP contribution in [0, 0.1) is 0 Å². The SMILES string of the molecule is CC(C)(C)OC(=O)[C@](C)(O)[C@H](O)CN. The van der Waals surface area contributed by atoms with Crippen molar-refractivity contribution in [2.45, 2.75) is 45.0 Å². The standard InChI is InChI=1S/C9H19NO4/c1-8(2,3)14-7(12)9(4,13)6(11)5-10/h6,11,13H,5,10H2,1-4H3/t6-,9-/m1/s1. The van der Waals surface area contributed by atoms with Gasteiger partial charge < -0.3 is 20.7 Å². The fraction of sp³-hybridized carbons (Fsp3) is 0.889. The number of nitrogens with two attached hydrogens (primary N) is 1. The van der Waals surface area contributed by atoms with Gasteiger partial charge in [-0.15, -0.1) is 0 Å². The van der Waals surface area contributed by atoms with Gasteiger partial charge in [0.25, 0.3) is 0 Å². The zero-order chi connectivity index (χ0) is 11.6. The molecule has 0 aliphatic carbocycles. The fourth-order valence-electron chi connectivity index (χ4n) is 0.747. The molecule has 0 spiro atoms. The van der Waals surface area contributed by atoms with Gasteiger partial charge in [-0.3, -0.25) is 0 Å². The Hall–Kier alpha value is -0.650. The number of hydrogen-bond acceptors (Lipinski definition) is 5. The molecule has 0 saturated heterocycles. The van der Waals surface area contributed by atoms with Crippen LogP contribution in [0.3, 0.4) is 0 Å². The van der Waals surface area contributed by atoms with Crippen LogP contribution in [-0.2, 0) is 9.53 Å². The Kier molecular flexibility index (Phi) is 4.05. The van der Waals surface area contributed by atoms with Crippen molar-refractivity contribution >= 4 is 5.97 Å². The predicted molar refractivity (Wildman–Crippen MR) is 51.5 cm³/mol. The van der Waals surface area contributed by atoms with Crippen LogP contribution in [0.5, 0.6) is 0 Å². The summed E-state index contributed by atoms with van der Waals surface area (Å²) < 4.78 is 4.92. The van der Waals surface area contributed by atoms with Crippen LogP contribution >= 0.6 is 0 Å². The van der Waals surface area contributed by atoms with Gasteiger partial charge in [0.15, 0.2) is 5.60 Å². The summed E-state index contributed by atoms with van der Waals surface area (Å²) in [5.41, 5.74) is 2.49. The highest BCUT2D eigenvalue weighted by Gasteiger charge is 2.41. The lowest BCUT2D eigenvalue weighted by Gasteiger charge is -2.30. The highest BCUT2D eigenvalue weighted by atomic mass is 16.6. The van der Waals surface area contributed by atoms with Gasteiger partial charge in [-0.1, -0.05) is 0 Å². The van der Waals surface area contributed by atoms with Gasteiger partial charge in [0.1, 0.15) is 11.7 Å². The zero-order valence-corrected chi connectivity index (χ0v) is 9.07. The van der Waals surface area contributed by atoms with Gasteiger partial charge in [-0.05, 0) is 27.7 Å². The fourth-order valence-corrected chi connectivity index (χ4v) is 0.747. The highest BCUT2D eigenvalue weighted by molar-refractivity contribution is 5.80. The molecule has 0 aromatic carbocycles. The molecule has 2 atom stereocenters. The van der Waals surface area contributed by atoms with Gasteiger partial charge in [0.2, 0.25) is 0 Å². The number of carbonyl (C=O) groups excluding carboxylic acids is 1. The third-order valence-corrected chi connectivity index (χ3v) is 1.68. The molecule has 0 aliphatic rings. The van der Waals surface area contributed by atoms with Crippen LogP contribution in [-0.4, -0.2) is 40.0 Å². The maximum Gasteiger partial charge on any atom is 0.341 e. The van der Waals surface area contributed by atoms with E-state index in [4.69, 9.17) is 10.5 Å². The monoisotopic (exact) mass is 205 g/mol. The molecule has 14 heavy (non-hydrogen) atoms. The Morgan fingerprint density at radius 2 is 1.86 bits per heavy atom. The Bertz CT molecular complexity index is 207. The number of hydrogen-bond donors (Lipinski definition) is 3. The summed E-state index contributed by atoms with van der Waals surface area (Å²) in [5, 5.41) is 18.9. The minimum atomic E-state index is -1.96. The summed E-state index contributed by atoms with van der Waals surface area (Å²) in [4.78, 5) is 11.4. The van der Waals surface area contributed by atoms with E-state index in [1.54, 1.807) is 20.8 Å². The number of aliphatic hydroxyl groups is 2. The average Bonchev–Trinajstić information content (AvgIpc) is 1.99. The molecule has 0 aromatic heterocycles. The smallest absolute Gasteiger partial charge is 0.341 e. The van der Waals surface area contributed by atoms with E-state index in [-0.39, 0.29) is 6.54 Å². The maximum absolute atomic E-state index is 11.4. The number of carbonyl (C=O) groups is 1. The minimum absolute atomic E-state index is 0.202. The van der Waals surface area contributed by atoms with Gasteiger partial charge >= 0.3 is 5.97 Å². The van der Waals surface area contributed by atoms with Crippen LogP contribution in [0.4, 0.5) is 0 Å². The maximum atomic E-state index is 11.4. The second-order valence-electron chi connectivity index (χ2n) is 4.40. The first-order chi connectivity index (χ1) is 6.11. The molecule has 0 radical (unpaired) electrons. The Morgan fingerprint density at radius 3 is 2.14 bits per heavy atom. The van der Waals surface area contributed by atoms with Crippen molar-refractivity contribution in [1.29, 1.82) is 0 Å². The third kappa shape index (κ3) is 3.61. The molecule has 5 nitrogen and oxygen atoms in total. The molecule has 84 valence electrons. The summed E-state index contributed by atoms with van der Waals surface area (Å²) in [6.07, 6.45) is -1.32. The van der Waals surface area contributed by atoms with E-state index < -0.39 is 23.3 Å². The summed E-state index contributed by atoms with van der Waals surface area (Å²) >= 11 is 0. The summed E-state index contributed by atoms with van der Waals surface area (Å²) in [5.74, 6) is -0.872. The molecular formula is C9H19NO4. The number of ether oxygens (including phenoxy) is 1. The molecule has 0 unspecified atom stereocenters. The topological polar surface area (TPSA) is 92.8 Å². The Morgan fingerprint density at radius 1 is 1.43 bits per heavy atom. The molecule has 0 fully saturated rings. The lowest BCUT2D eigenvalue weighted by atomic mass is 9.99. The van der Waals surface area contributed by atoms with Crippen molar-refractivity contribution in [2.24, 2.45) is 5.73 Å². The Labute approximate surface area is 83.9 Å². The second-order valence-corrected chi connectivity index (χ2v) is 4.40. The molecule has 0 rings (SSSR count). The summed E-state index contributed by atoms with van der Waals surface area (Å²) in [7, 11) is 0. The van der Waals surface area contributed by atoms with Crippen molar-refractivity contribution in [3.63, 3.8) is 0 Å². The molecule has 0 aliphatic heterocycles. The van der Waals surface area contributed by atoms with E-state index in [0.717, 1.165) is 0 Å². The number of rotatable bonds is 3. The Balaban J connectivity index is 4.52. The van der Waals surface area contributed by atoms with Crippen molar-refractivity contribution in [1.82, 2.24) is 0 Å². The van der Waals surface area contributed by atoms with E-state index in [1.165, 1.54) is 6.92 Å². The molecule has 0 heterocycles. The van der Waals surface area contributed by atoms with Gasteiger partial charge in [-0.2, -0.15) is 0 Å². The van der Waals surface area contributed by atoms with E-state index in [9.17, 15) is 15.0 Å². The van der Waals surface area contributed by atoms with Crippen molar-refractivity contribution < 1.29 is 19.7 Å². The van der Waals surface area contributed by atoms with Crippen LogP contribution in [0.2, 0.25) is 0 Å². The van der Waals surface area contributed by atoms with Crippen molar-refractivity contribution in [3.8, 4) is 0 Å². The highest BCUT2D eigenvalue weighted by Crippen LogP contribution is 2.17. The molecule has 0 amide bonds. The minimum Gasteiger partial charge on any atom is -0.458 e.